The van der Waals surface area contributed by atoms with Crippen LogP contribution in [0.4, 0.5) is 0 Å². The number of aliphatic hydroxyl groups is 1. The molecule has 0 radical (unpaired) electrons. The predicted molar refractivity (Wildman–Crippen MR) is 30.7 cm³/mol. The van der Waals surface area contributed by atoms with E-state index in [1.54, 1.807) is 6.08 Å². The fourth-order valence-corrected chi connectivity index (χ4v) is 0.267. The molecule has 1 N–H and O–H groups in total. The molecule has 0 aliphatic rings. The molecule has 0 aromatic carbocycles. The third kappa shape index (κ3) is 4.27. The molecule has 0 rings (SSSR count). The molecule has 1 nitrogen and oxygen atoms in total. The molecular formula is C3H5IO. The molecule has 2 heteroatoms. The van der Waals surface area contributed by atoms with E-state index in [2.05, 4.69) is 22.6 Å². The van der Waals surface area contributed by atoms with Gasteiger partial charge in [0.15, 0.2) is 0 Å². The summed E-state index contributed by atoms with van der Waals surface area (Å²) in [6.07, 6.45) is 2.72. The van der Waals surface area contributed by atoms with E-state index in [1.807, 2.05) is 0 Å². The molecule has 0 aliphatic carbocycles. The number of allylic oxidation sites excluding steroid dienone is 1. The molecule has 0 aromatic heterocycles. The van der Waals surface area contributed by atoms with E-state index in [9.17, 15) is 0 Å². The maximum absolute atomic E-state index is 7.88. The number of alkyl halides is 1. The van der Waals surface area contributed by atoms with Crippen molar-refractivity contribution in [1.29, 1.82) is 0 Å². The van der Waals surface area contributed by atoms with Crippen molar-refractivity contribution in [3.63, 3.8) is 0 Å². The van der Waals surface area contributed by atoms with E-state index in [-0.39, 0.29) is 0 Å². The molecule has 0 fully saturated rings. The third-order valence-corrected chi connectivity index (χ3v) is 0.703. The molecule has 0 atom stereocenters. The molecule has 30 valence electrons. The van der Waals surface area contributed by atoms with Crippen molar-refractivity contribution >= 4 is 22.6 Å². The quantitative estimate of drug-likeness (QED) is 0.371. The van der Waals surface area contributed by atoms with Crippen molar-refractivity contribution in [2.45, 2.75) is 0 Å². The normalized spacial score (nSPS) is 9.80. The van der Waals surface area contributed by atoms with Crippen molar-refractivity contribution in [2.75, 3.05) is 4.43 Å². The van der Waals surface area contributed by atoms with Crippen molar-refractivity contribution in [2.24, 2.45) is 0 Å². The van der Waals surface area contributed by atoms with Crippen LogP contribution in [0, 0.1) is 0 Å². The van der Waals surface area contributed by atoms with Crippen LogP contribution in [-0.4, -0.2) is 9.53 Å². The highest BCUT2D eigenvalue weighted by Crippen LogP contribution is 1.77. The first-order chi connectivity index (χ1) is 2.41. The Bertz CT molecular complexity index is 33.9. The Morgan fingerprint density at radius 1 is 1.80 bits per heavy atom. The van der Waals surface area contributed by atoms with E-state index in [1.165, 1.54) is 0 Å². The van der Waals surface area contributed by atoms with Gasteiger partial charge in [0, 0.05) is 4.43 Å². The van der Waals surface area contributed by atoms with E-state index >= 15 is 0 Å². The van der Waals surface area contributed by atoms with Crippen LogP contribution in [0.5, 0.6) is 0 Å². The van der Waals surface area contributed by atoms with Gasteiger partial charge in [-0.1, -0.05) is 22.6 Å². The summed E-state index contributed by atoms with van der Waals surface area (Å²) in [5.74, 6) is 0. The number of halogens is 1. The summed E-state index contributed by atoms with van der Waals surface area (Å²) in [7, 11) is 0. The lowest BCUT2D eigenvalue weighted by Gasteiger charge is -1.64. The van der Waals surface area contributed by atoms with Crippen LogP contribution in [-0.2, 0) is 0 Å². The van der Waals surface area contributed by atoms with E-state index in [0.717, 1.165) is 10.7 Å². The Morgan fingerprint density at radius 3 is 2.40 bits per heavy atom. The second kappa shape index (κ2) is 4.27. The van der Waals surface area contributed by atoms with Gasteiger partial charge in [-0.3, -0.25) is 0 Å². The lowest BCUT2D eigenvalue weighted by Crippen LogP contribution is -1.52. The van der Waals surface area contributed by atoms with Crippen molar-refractivity contribution < 1.29 is 5.11 Å². The van der Waals surface area contributed by atoms with Gasteiger partial charge in [0.1, 0.15) is 0 Å². The highest BCUT2D eigenvalue weighted by atomic mass is 127. The zero-order valence-corrected chi connectivity index (χ0v) is 4.84. The summed E-state index contributed by atoms with van der Waals surface area (Å²) < 4.78 is 0.883. The highest BCUT2D eigenvalue weighted by molar-refractivity contribution is 14.1. The Kier molecular flexibility index (Phi) is 4.50. The van der Waals surface area contributed by atoms with E-state index in [0.29, 0.717) is 0 Å². The van der Waals surface area contributed by atoms with Crippen LogP contribution in [0.15, 0.2) is 12.3 Å². The average Bonchev–Trinajstić information content (AvgIpc) is 1.41. The first-order valence-corrected chi connectivity index (χ1v) is 2.79. The maximum atomic E-state index is 7.88. The van der Waals surface area contributed by atoms with Gasteiger partial charge in [-0.2, -0.15) is 0 Å². The second-order valence-corrected chi connectivity index (χ2v) is 1.42. The van der Waals surface area contributed by atoms with E-state index < -0.39 is 0 Å². The lowest BCUT2D eigenvalue weighted by molar-refractivity contribution is 0.473. The lowest BCUT2D eigenvalue weighted by atomic mass is 10.7. The van der Waals surface area contributed by atoms with Crippen molar-refractivity contribution in [3.05, 3.63) is 12.3 Å². The number of hydrogen-bond donors (Lipinski definition) is 1. The zero-order valence-electron chi connectivity index (χ0n) is 2.69. The molecule has 0 saturated carbocycles. The molecule has 0 aliphatic heterocycles. The first-order valence-electron chi connectivity index (χ1n) is 1.27. The maximum Gasteiger partial charge on any atom is 0.0759 e. The average molecular weight is 184 g/mol. The molecule has 0 aromatic rings. The van der Waals surface area contributed by atoms with Gasteiger partial charge in [0.05, 0.1) is 6.26 Å². The minimum atomic E-state index is 0.883. The van der Waals surface area contributed by atoms with Gasteiger partial charge in [0.2, 0.25) is 0 Å². The summed E-state index contributed by atoms with van der Waals surface area (Å²) in [5.41, 5.74) is 0. The van der Waals surface area contributed by atoms with Crippen LogP contribution in [0.25, 0.3) is 0 Å². The second-order valence-electron chi connectivity index (χ2n) is 0.539. The van der Waals surface area contributed by atoms with Crippen LogP contribution < -0.4 is 0 Å². The zero-order chi connectivity index (χ0) is 4.12. The third-order valence-electron chi connectivity index (χ3n) is 0.194. The highest BCUT2D eigenvalue weighted by Gasteiger charge is 1.55. The topological polar surface area (TPSA) is 20.2 Å². The standard InChI is InChI=1S/C3H5IO/c4-2-1-3-5/h1,3,5H,2H2. The van der Waals surface area contributed by atoms with Gasteiger partial charge in [-0.25, -0.2) is 0 Å². The van der Waals surface area contributed by atoms with Crippen LogP contribution in [0.1, 0.15) is 0 Å². The summed E-state index contributed by atoms with van der Waals surface area (Å²) in [6, 6.07) is 0. The monoisotopic (exact) mass is 184 g/mol. The Hall–Kier alpha value is 0.270. The molecule has 0 bridgehead atoms. The number of rotatable bonds is 1. The predicted octanol–water partition coefficient (Wildman–Crippen LogP) is 1.49. The summed E-state index contributed by atoms with van der Waals surface area (Å²) in [4.78, 5) is 0. The minimum Gasteiger partial charge on any atom is -0.516 e. The van der Waals surface area contributed by atoms with Crippen LogP contribution in [0.2, 0.25) is 0 Å². The Balaban J connectivity index is 2.62. The van der Waals surface area contributed by atoms with Gasteiger partial charge < -0.3 is 5.11 Å². The largest absolute Gasteiger partial charge is 0.516 e. The molecule has 0 unspecified atom stereocenters. The van der Waals surface area contributed by atoms with Gasteiger partial charge >= 0.3 is 0 Å². The number of hydrogen-bond acceptors (Lipinski definition) is 1. The molecular weight excluding hydrogens is 179 g/mol. The fourth-order valence-electron chi connectivity index (χ4n) is 0.0398. The van der Waals surface area contributed by atoms with E-state index in [4.69, 9.17) is 5.11 Å². The minimum absolute atomic E-state index is 0.883. The van der Waals surface area contributed by atoms with Crippen molar-refractivity contribution in [1.82, 2.24) is 0 Å². The number of aliphatic hydroxyl groups excluding tert-OH is 1. The van der Waals surface area contributed by atoms with Crippen LogP contribution >= 0.6 is 22.6 Å². The smallest absolute Gasteiger partial charge is 0.0759 e. The molecule has 0 saturated heterocycles. The first kappa shape index (κ1) is 5.27. The van der Waals surface area contributed by atoms with Crippen molar-refractivity contribution in [3.8, 4) is 0 Å². The van der Waals surface area contributed by atoms with Gasteiger partial charge in [-0.15, -0.1) is 0 Å². The molecule has 5 heavy (non-hydrogen) atoms. The Morgan fingerprint density at radius 2 is 2.40 bits per heavy atom. The fraction of sp³-hybridized carbons (Fsp3) is 0.333. The summed E-state index contributed by atoms with van der Waals surface area (Å²) in [5, 5.41) is 7.88. The Labute approximate surface area is 44.8 Å². The van der Waals surface area contributed by atoms with Gasteiger partial charge in [0.25, 0.3) is 0 Å². The molecule has 0 amide bonds. The summed E-state index contributed by atoms with van der Waals surface area (Å²) in [6.45, 7) is 0. The summed E-state index contributed by atoms with van der Waals surface area (Å²) >= 11 is 2.14. The van der Waals surface area contributed by atoms with Crippen LogP contribution in [0.3, 0.4) is 0 Å². The molecule has 0 heterocycles. The SMILES string of the molecule is OC=CCI. The van der Waals surface area contributed by atoms with Gasteiger partial charge in [-0.05, 0) is 6.08 Å². The molecule has 0 spiro atoms.